The Labute approximate surface area is 137 Å². The van der Waals surface area contributed by atoms with Gasteiger partial charge in [0.15, 0.2) is 0 Å². The van der Waals surface area contributed by atoms with Crippen molar-refractivity contribution < 1.29 is 9.90 Å². The summed E-state index contributed by atoms with van der Waals surface area (Å²) in [4.78, 5) is 14.1. The number of aromatic hydroxyl groups is 1. The van der Waals surface area contributed by atoms with Gasteiger partial charge >= 0.3 is 0 Å². The lowest BCUT2D eigenvalue weighted by molar-refractivity contribution is -0.121. The molecule has 2 rings (SSSR count). The smallest absolute Gasteiger partial charge is 0.266 e. The number of thiocarbonyl (C=S) groups is 1. The van der Waals surface area contributed by atoms with Gasteiger partial charge in [0.05, 0.1) is 9.38 Å². The maximum absolute atomic E-state index is 12.1. The Morgan fingerprint density at radius 1 is 1.47 bits per heavy atom. The molecule has 100 valence electrons. The van der Waals surface area contributed by atoms with Gasteiger partial charge in [-0.05, 0) is 41.1 Å². The number of thioether (sulfide) groups is 1. The van der Waals surface area contributed by atoms with E-state index < -0.39 is 0 Å². The first-order valence-corrected chi connectivity index (χ1v) is 8.18. The molecule has 1 saturated heterocycles. The van der Waals surface area contributed by atoms with E-state index >= 15 is 0 Å². The highest BCUT2D eigenvalue weighted by atomic mass is 79.9. The number of benzene rings is 1. The molecule has 0 spiro atoms. The highest BCUT2D eigenvalue weighted by Gasteiger charge is 2.30. The zero-order chi connectivity index (χ0) is 14.2. The summed E-state index contributed by atoms with van der Waals surface area (Å²) in [6, 6.07) is 3.49. The van der Waals surface area contributed by atoms with Crippen molar-refractivity contribution in [2.75, 3.05) is 6.54 Å². The lowest BCUT2D eigenvalue weighted by Gasteiger charge is -2.09. The standard InChI is InChI=1S/C12H9Br2NO2S2/c1-2-15-11(17)9(19-12(15)18)4-6-3-7(13)5-8(14)10(6)16/h3-5,16H,2H2,1H3/b9-4-. The Balaban J connectivity index is 2.43. The number of carbonyl (C=O) groups is 1. The maximum atomic E-state index is 12.1. The number of hydrogen-bond donors (Lipinski definition) is 1. The van der Waals surface area contributed by atoms with Crippen LogP contribution in [0.2, 0.25) is 0 Å². The summed E-state index contributed by atoms with van der Waals surface area (Å²) < 4.78 is 1.93. The monoisotopic (exact) mass is 421 g/mol. The number of rotatable bonds is 2. The molecular formula is C12H9Br2NO2S2. The van der Waals surface area contributed by atoms with Gasteiger partial charge in [-0.3, -0.25) is 9.69 Å². The van der Waals surface area contributed by atoms with Crippen molar-refractivity contribution in [2.24, 2.45) is 0 Å². The molecule has 0 unspecified atom stereocenters. The van der Waals surface area contributed by atoms with Crippen LogP contribution in [0.5, 0.6) is 5.75 Å². The van der Waals surface area contributed by atoms with Crippen LogP contribution < -0.4 is 0 Å². The molecule has 1 aromatic carbocycles. The molecule has 3 nitrogen and oxygen atoms in total. The van der Waals surface area contributed by atoms with E-state index in [4.69, 9.17) is 12.2 Å². The number of amides is 1. The van der Waals surface area contributed by atoms with Crippen LogP contribution in [-0.4, -0.2) is 26.8 Å². The SMILES string of the molecule is CCN1C(=O)/C(=C/c2cc(Br)cc(Br)c2O)SC1=S. The largest absolute Gasteiger partial charge is 0.506 e. The van der Waals surface area contributed by atoms with E-state index in [-0.39, 0.29) is 11.7 Å². The predicted octanol–water partition coefficient (Wildman–Crippen LogP) is 4.14. The number of likely N-dealkylation sites (N-methyl/N-ethyl adjacent to an activating group) is 1. The lowest BCUT2D eigenvalue weighted by atomic mass is 10.2. The van der Waals surface area contributed by atoms with Crippen molar-refractivity contribution >= 4 is 72.1 Å². The van der Waals surface area contributed by atoms with Crippen LogP contribution in [0.3, 0.4) is 0 Å². The first-order chi connectivity index (χ1) is 8.93. The average Bonchev–Trinajstić information content (AvgIpc) is 2.60. The molecule has 0 aromatic heterocycles. The van der Waals surface area contributed by atoms with Gasteiger partial charge in [-0.1, -0.05) is 39.9 Å². The second-order valence-electron chi connectivity index (χ2n) is 3.75. The Morgan fingerprint density at radius 3 is 2.74 bits per heavy atom. The molecule has 1 fully saturated rings. The van der Waals surface area contributed by atoms with E-state index in [1.165, 1.54) is 16.7 Å². The normalized spacial score (nSPS) is 17.6. The number of carbonyl (C=O) groups excluding carboxylic acids is 1. The first-order valence-electron chi connectivity index (χ1n) is 5.37. The highest BCUT2D eigenvalue weighted by molar-refractivity contribution is 9.11. The molecule has 1 N–H and O–H groups in total. The minimum Gasteiger partial charge on any atom is -0.506 e. The lowest BCUT2D eigenvalue weighted by Crippen LogP contribution is -2.27. The molecule has 1 aromatic rings. The second-order valence-corrected chi connectivity index (χ2v) is 7.20. The topological polar surface area (TPSA) is 40.5 Å². The van der Waals surface area contributed by atoms with E-state index in [1.54, 1.807) is 18.2 Å². The summed E-state index contributed by atoms with van der Waals surface area (Å²) in [5.41, 5.74) is 0.567. The minimum absolute atomic E-state index is 0.102. The molecule has 7 heteroatoms. The molecule has 1 heterocycles. The zero-order valence-electron chi connectivity index (χ0n) is 9.81. The Morgan fingerprint density at radius 2 is 2.16 bits per heavy atom. The van der Waals surface area contributed by atoms with Gasteiger partial charge in [0, 0.05) is 16.6 Å². The third-order valence-corrected chi connectivity index (χ3v) is 4.97. The fraction of sp³-hybridized carbons (Fsp3) is 0.167. The van der Waals surface area contributed by atoms with Crippen LogP contribution >= 0.6 is 55.8 Å². The van der Waals surface area contributed by atoms with Crippen molar-refractivity contribution in [3.8, 4) is 5.75 Å². The maximum Gasteiger partial charge on any atom is 0.266 e. The summed E-state index contributed by atoms with van der Waals surface area (Å²) in [5, 5.41) is 9.98. The quantitative estimate of drug-likeness (QED) is 0.574. The number of nitrogens with zero attached hydrogens (tertiary/aromatic N) is 1. The minimum atomic E-state index is -0.118. The average molecular weight is 423 g/mol. The van der Waals surface area contributed by atoms with Gasteiger partial charge in [-0.2, -0.15) is 0 Å². The van der Waals surface area contributed by atoms with Crippen LogP contribution in [0, 0.1) is 0 Å². The fourth-order valence-electron chi connectivity index (χ4n) is 1.61. The highest BCUT2D eigenvalue weighted by Crippen LogP contribution is 2.37. The Hall–Kier alpha value is -0.370. The first kappa shape index (κ1) is 15.0. The molecule has 0 bridgehead atoms. The summed E-state index contributed by atoms with van der Waals surface area (Å²) in [6.45, 7) is 2.43. The van der Waals surface area contributed by atoms with E-state index in [0.717, 1.165) is 4.47 Å². The summed E-state index contributed by atoms with van der Waals surface area (Å²) in [6.07, 6.45) is 1.65. The van der Waals surface area contributed by atoms with Crippen LogP contribution in [-0.2, 0) is 4.79 Å². The Bertz CT molecular complexity index is 602. The second kappa shape index (κ2) is 5.95. The Kier molecular flexibility index (Phi) is 4.70. The molecular weight excluding hydrogens is 414 g/mol. The van der Waals surface area contributed by atoms with E-state index in [0.29, 0.717) is 25.8 Å². The number of phenols is 1. The van der Waals surface area contributed by atoms with E-state index in [2.05, 4.69) is 31.9 Å². The summed E-state index contributed by atoms with van der Waals surface area (Å²) in [5.74, 6) is -0.0158. The van der Waals surface area contributed by atoms with Crippen molar-refractivity contribution in [2.45, 2.75) is 6.92 Å². The van der Waals surface area contributed by atoms with Crippen LogP contribution in [0.1, 0.15) is 12.5 Å². The molecule has 0 radical (unpaired) electrons. The fourth-order valence-corrected chi connectivity index (χ4v) is 4.24. The molecule has 0 atom stereocenters. The number of phenolic OH excluding ortho intramolecular Hbond substituents is 1. The van der Waals surface area contributed by atoms with Gasteiger partial charge in [-0.15, -0.1) is 0 Å². The van der Waals surface area contributed by atoms with E-state index in [1.807, 2.05) is 6.92 Å². The molecule has 1 amide bonds. The van der Waals surface area contributed by atoms with Crippen LogP contribution in [0.4, 0.5) is 0 Å². The predicted molar refractivity (Wildman–Crippen MR) is 89.1 cm³/mol. The van der Waals surface area contributed by atoms with Gasteiger partial charge in [-0.25, -0.2) is 0 Å². The molecule has 19 heavy (non-hydrogen) atoms. The summed E-state index contributed by atoms with van der Waals surface area (Å²) >= 11 is 13.0. The van der Waals surface area contributed by atoms with Gasteiger partial charge < -0.3 is 5.11 Å². The van der Waals surface area contributed by atoms with Crippen molar-refractivity contribution in [1.29, 1.82) is 0 Å². The molecule has 1 aliphatic rings. The third-order valence-electron chi connectivity index (χ3n) is 2.53. The van der Waals surface area contributed by atoms with Gasteiger partial charge in [0.1, 0.15) is 10.1 Å². The van der Waals surface area contributed by atoms with Crippen molar-refractivity contribution in [3.05, 3.63) is 31.5 Å². The van der Waals surface area contributed by atoms with Crippen LogP contribution in [0.15, 0.2) is 26.0 Å². The summed E-state index contributed by atoms with van der Waals surface area (Å²) in [7, 11) is 0. The van der Waals surface area contributed by atoms with E-state index in [9.17, 15) is 9.90 Å². The van der Waals surface area contributed by atoms with Gasteiger partial charge in [0.25, 0.3) is 5.91 Å². The number of hydrogen-bond acceptors (Lipinski definition) is 4. The third kappa shape index (κ3) is 3.04. The molecule has 1 aliphatic heterocycles. The number of halogens is 2. The molecule has 0 aliphatic carbocycles. The van der Waals surface area contributed by atoms with Crippen molar-refractivity contribution in [1.82, 2.24) is 4.90 Å². The zero-order valence-corrected chi connectivity index (χ0v) is 14.6. The van der Waals surface area contributed by atoms with Crippen molar-refractivity contribution in [3.63, 3.8) is 0 Å². The van der Waals surface area contributed by atoms with Gasteiger partial charge in [0.2, 0.25) is 0 Å². The molecule has 0 saturated carbocycles. The van der Waals surface area contributed by atoms with Crippen LogP contribution in [0.25, 0.3) is 6.08 Å².